The van der Waals surface area contributed by atoms with Crippen molar-refractivity contribution in [3.63, 3.8) is 0 Å². The highest BCUT2D eigenvalue weighted by atomic mass is 16.5. The molecular formula is C21H26N2O2. The van der Waals surface area contributed by atoms with Gasteiger partial charge in [-0.3, -0.25) is 9.69 Å². The number of piperidine rings is 1. The number of benzene rings is 2. The molecule has 0 radical (unpaired) electrons. The molecule has 132 valence electrons. The minimum Gasteiger partial charge on any atom is -0.497 e. The third-order valence-electron chi connectivity index (χ3n) is 4.68. The highest BCUT2D eigenvalue weighted by molar-refractivity contribution is 5.73. The lowest BCUT2D eigenvalue weighted by molar-refractivity contribution is -0.120. The van der Waals surface area contributed by atoms with Crippen molar-refractivity contribution < 1.29 is 9.53 Å². The van der Waals surface area contributed by atoms with Crippen molar-refractivity contribution in [2.45, 2.75) is 32.4 Å². The summed E-state index contributed by atoms with van der Waals surface area (Å²) in [7, 11) is 1.69. The Morgan fingerprint density at radius 2 is 2.00 bits per heavy atom. The van der Waals surface area contributed by atoms with E-state index in [2.05, 4.69) is 46.6 Å². The molecule has 1 unspecified atom stereocenters. The van der Waals surface area contributed by atoms with Crippen LogP contribution in [0.4, 0.5) is 0 Å². The Hall–Kier alpha value is -2.33. The lowest BCUT2D eigenvalue weighted by Gasteiger charge is -2.33. The minimum absolute atomic E-state index is 0.0643. The highest BCUT2D eigenvalue weighted by Crippen LogP contribution is 2.24. The van der Waals surface area contributed by atoms with Crippen LogP contribution in [0.5, 0.6) is 5.75 Å². The molecule has 1 fully saturated rings. The van der Waals surface area contributed by atoms with Crippen LogP contribution in [-0.4, -0.2) is 37.0 Å². The number of methoxy groups -OCH3 is 1. The maximum atomic E-state index is 11.3. The molecule has 1 aliphatic heterocycles. The van der Waals surface area contributed by atoms with Gasteiger partial charge in [-0.1, -0.05) is 36.4 Å². The molecule has 1 N–H and O–H groups in total. The van der Waals surface area contributed by atoms with Crippen LogP contribution in [0.3, 0.4) is 0 Å². The Morgan fingerprint density at radius 3 is 2.72 bits per heavy atom. The summed E-state index contributed by atoms with van der Waals surface area (Å²) in [5, 5.41) is 3.05. The number of nitrogens with zero attached hydrogens (tertiary/aromatic N) is 1. The summed E-state index contributed by atoms with van der Waals surface area (Å²) < 4.78 is 5.30. The van der Waals surface area contributed by atoms with Gasteiger partial charge >= 0.3 is 0 Å². The van der Waals surface area contributed by atoms with Gasteiger partial charge in [0.05, 0.1) is 7.11 Å². The Kier molecular flexibility index (Phi) is 5.71. The van der Waals surface area contributed by atoms with E-state index < -0.39 is 0 Å². The maximum Gasteiger partial charge on any atom is 0.217 e. The molecule has 2 aromatic rings. The summed E-state index contributed by atoms with van der Waals surface area (Å²) >= 11 is 0. The monoisotopic (exact) mass is 338 g/mol. The SMILES string of the molecule is COc1cccc(-c2ccc(CN3CCCC(NC(C)=O)C3)cc2)c1. The molecule has 1 amide bonds. The van der Waals surface area contributed by atoms with Crippen molar-refractivity contribution in [2.75, 3.05) is 20.2 Å². The van der Waals surface area contributed by atoms with Crippen LogP contribution in [-0.2, 0) is 11.3 Å². The zero-order chi connectivity index (χ0) is 17.6. The number of likely N-dealkylation sites (tertiary alicyclic amines) is 1. The van der Waals surface area contributed by atoms with Gasteiger partial charge < -0.3 is 10.1 Å². The van der Waals surface area contributed by atoms with Gasteiger partial charge in [0, 0.05) is 26.1 Å². The fourth-order valence-corrected chi connectivity index (χ4v) is 3.47. The predicted molar refractivity (Wildman–Crippen MR) is 101 cm³/mol. The van der Waals surface area contributed by atoms with Gasteiger partial charge in [0.1, 0.15) is 5.75 Å². The zero-order valence-electron chi connectivity index (χ0n) is 15.0. The molecule has 1 aliphatic rings. The Bertz CT molecular complexity index is 712. The molecule has 1 saturated heterocycles. The van der Waals surface area contributed by atoms with Crippen molar-refractivity contribution in [3.05, 3.63) is 54.1 Å². The van der Waals surface area contributed by atoms with Crippen LogP contribution in [0.2, 0.25) is 0 Å². The minimum atomic E-state index is 0.0643. The summed E-state index contributed by atoms with van der Waals surface area (Å²) in [5.74, 6) is 0.938. The third-order valence-corrected chi connectivity index (χ3v) is 4.68. The van der Waals surface area contributed by atoms with Crippen LogP contribution < -0.4 is 10.1 Å². The summed E-state index contributed by atoms with van der Waals surface area (Å²) in [4.78, 5) is 13.7. The van der Waals surface area contributed by atoms with Crippen LogP contribution in [0.25, 0.3) is 11.1 Å². The first-order valence-electron chi connectivity index (χ1n) is 8.87. The van der Waals surface area contributed by atoms with Gasteiger partial charge in [-0.2, -0.15) is 0 Å². The van der Waals surface area contributed by atoms with Gasteiger partial charge in [0.2, 0.25) is 5.91 Å². The van der Waals surface area contributed by atoms with Gasteiger partial charge in [-0.25, -0.2) is 0 Å². The molecule has 4 heteroatoms. The van der Waals surface area contributed by atoms with Crippen molar-refractivity contribution >= 4 is 5.91 Å². The first kappa shape index (κ1) is 17.5. The number of nitrogens with one attached hydrogen (secondary N) is 1. The summed E-state index contributed by atoms with van der Waals surface area (Å²) in [6.07, 6.45) is 2.21. The Morgan fingerprint density at radius 1 is 1.20 bits per heavy atom. The number of rotatable bonds is 5. The average molecular weight is 338 g/mol. The van der Waals surface area contributed by atoms with Gasteiger partial charge in [0.25, 0.3) is 0 Å². The molecule has 0 bridgehead atoms. The molecule has 4 nitrogen and oxygen atoms in total. The van der Waals surface area contributed by atoms with E-state index in [0.717, 1.165) is 43.8 Å². The van der Waals surface area contributed by atoms with Crippen molar-refractivity contribution in [2.24, 2.45) is 0 Å². The van der Waals surface area contributed by atoms with E-state index >= 15 is 0 Å². The van der Waals surface area contributed by atoms with Gasteiger partial charge in [0.15, 0.2) is 0 Å². The molecule has 0 saturated carbocycles. The molecule has 25 heavy (non-hydrogen) atoms. The second-order valence-electron chi connectivity index (χ2n) is 6.70. The van der Waals surface area contributed by atoms with E-state index in [9.17, 15) is 4.79 Å². The van der Waals surface area contributed by atoms with E-state index in [1.807, 2.05) is 12.1 Å². The topological polar surface area (TPSA) is 41.6 Å². The van der Waals surface area contributed by atoms with E-state index in [0.29, 0.717) is 0 Å². The highest BCUT2D eigenvalue weighted by Gasteiger charge is 2.20. The quantitative estimate of drug-likeness (QED) is 0.908. The van der Waals surface area contributed by atoms with Gasteiger partial charge in [-0.05, 0) is 48.2 Å². The van der Waals surface area contributed by atoms with Gasteiger partial charge in [-0.15, -0.1) is 0 Å². The molecule has 0 aromatic heterocycles. The van der Waals surface area contributed by atoms with Crippen LogP contribution in [0.15, 0.2) is 48.5 Å². The first-order valence-corrected chi connectivity index (χ1v) is 8.87. The number of ether oxygens (including phenoxy) is 1. The molecule has 0 spiro atoms. The standard InChI is InChI=1S/C21H26N2O2/c1-16(24)22-20-6-4-12-23(15-20)14-17-8-10-18(11-9-17)19-5-3-7-21(13-19)25-2/h3,5,7-11,13,20H,4,6,12,14-15H2,1-2H3,(H,22,24). The fourth-order valence-electron chi connectivity index (χ4n) is 3.47. The normalized spacial score (nSPS) is 17.9. The van der Waals surface area contributed by atoms with Crippen LogP contribution in [0.1, 0.15) is 25.3 Å². The Balaban J connectivity index is 1.63. The maximum absolute atomic E-state index is 11.3. The smallest absolute Gasteiger partial charge is 0.217 e. The van der Waals surface area contributed by atoms with Crippen LogP contribution in [0, 0.1) is 0 Å². The fraction of sp³-hybridized carbons (Fsp3) is 0.381. The summed E-state index contributed by atoms with van der Waals surface area (Å²) in [6, 6.07) is 17.1. The second-order valence-corrected chi connectivity index (χ2v) is 6.70. The largest absolute Gasteiger partial charge is 0.497 e. The lowest BCUT2D eigenvalue weighted by atomic mass is 10.0. The van der Waals surface area contributed by atoms with Crippen molar-refractivity contribution in [1.82, 2.24) is 10.2 Å². The van der Waals surface area contributed by atoms with Crippen molar-refractivity contribution in [3.8, 4) is 16.9 Å². The number of carbonyl (C=O) groups excluding carboxylic acids is 1. The zero-order valence-corrected chi connectivity index (χ0v) is 15.0. The molecule has 2 aromatic carbocycles. The number of hydrogen-bond acceptors (Lipinski definition) is 3. The number of amides is 1. The molecular weight excluding hydrogens is 312 g/mol. The number of carbonyl (C=O) groups is 1. The molecule has 3 rings (SSSR count). The summed E-state index contributed by atoms with van der Waals surface area (Å²) in [6.45, 7) is 4.54. The van der Waals surface area contributed by atoms with Crippen LogP contribution >= 0.6 is 0 Å². The van der Waals surface area contributed by atoms with E-state index in [4.69, 9.17) is 4.74 Å². The Labute approximate surface area is 149 Å². The van der Waals surface area contributed by atoms with E-state index in [-0.39, 0.29) is 11.9 Å². The summed E-state index contributed by atoms with van der Waals surface area (Å²) in [5.41, 5.74) is 3.65. The van der Waals surface area contributed by atoms with E-state index in [1.54, 1.807) is 14.0 Å². The third kappa shape index (κ3) is 4.83. The predicted octanol–water partition coefficient (Wildman–Crippen LogP) is 3.46. The molecule has 1 heterocycles. The first-order chi connectivity index (χ1) is 12.1. The second kappa shape index (κ2) is 8.17. The van der Waals surface area contributed by atoms with Crippen molar-refractivity contribution in [1.29, 1.82) is 0 Å². The number of hydrogen-bond donors (Lipinski definition) is 1. The average Bonchev–Trinajstić information content (AvgIpc) is 2.62. The molecule has 0 aliphatic carbocycles. The van der Waals surface area contributed by atoms with E-state index in [1.165, 1.54) is 11.1 Å². The molecule has 1 atom stereocenters. The lowest BCUT2D eigenvalue weighted by Crippen LogP contribution is -2.46.